The van der Waals surface area contributed by atoms with Crippen LogP contribution in [-0.2, 0) is 0 Å². The summed E-state index contributed by atoms with van der Waals surface area (Å²) in [5, 5.41) is 0. The van der Waals surface area contributed by atoms with Crippen LogP contribution >= 0.6 is 24.0 Å². The van der Waals surface area contributed by atoms with Crippen molar-refractivity contribution >= 4 is 24.0 Å². The van der Waals surface area contributed by atoms with Crippen LogP contribution in [0.5, 0.6) is 0 Å². The van der Waals surface area contributed by atoms with Crippen LogP contribution in [0.1, 0.15) is 6.42 Å². The Kier molecular flexibility index (Phi) is 5.41. The minimum atomic E-state index is -0.604. The largest absolute Gasteiger partial charge is 0.299 e. The SMILES string of the molecule is Cl.FC1CCN(CCCl)C1. The van der Waals surface area contributed by atoms with Gasteiger partial charge in [0.25, 0.3) is 0 Å². The van der Waals surface area contributed by atoms with Gasteiger partial charge in [-0.15, -0.1) is 24.0 Å². The van der Waals surface area contributed by atoms with Crippen molar-refractivity contribution in [3.05, 3.63) is 0 Å². The molecule has 1 aliphatic heterocycles. The van der Waals surface area contributed by atoms with Gasteiger partial charge in [0.05, 0.1) is 0 Å². The van der Waals surface area contributed by atoms with Gasteiger partial charge in [0.2, 0.25) is 0 Å². The molecule has 4 heteroatoms. The molecule has 0 bridgehead atoms. The Morgan fingerprint density at radius 2 is 2.30 bits per heavy atom. The van der Waals surface area contributed by atoms with Crippen molar-refractivity contribution in [2.24, 2.45) is 0 Å². The zero-order valence-corrected chi connectivity index (χ0v) is 7.30. The molecule has 1 nitrogen and oxygen atoms in total. The van der Waals surface area contributed by atoms with Crippen molar-refractivity contribution in [3.63, 3.8) is 0 Å². The Labute approximate surface area is 71.9 Å². The van der Waals surface area contributed by atoms with E-state index in [1.807, 2.05) is 0 Å². The third-order valence-corrected chi connectivity index (χ3v) is 1.78. The Morgan fingerprint density at radius 1 is 1.60 bits per heavy atom. The summed E-state index contributed by atoms with van der Waals surface area (Å²) >= 11 is 5.47. The maximum Gasteiger partial charge on any atom is 0.114 e. The highest BCUT2D eigenvalue weighted by Crippen LogP contribution is 2.11. The Morgan fingerprint density at radius 3 is 2.70 bits per heavy atom. The molecular weight excluding hydrogens is 176 g/mol. The molecule has 1 fully saturated rings. The van der Waals surface area contributed by atoms with E-state index in [1.54, 1.807) is 0 Å². The van der Waals surface area contributed by atoms with E-state index < -0.39 is 6.17 Å². The molecule has 1 unspecified atom stereocenters. The minimum Gasteiger partial charge on any atom is -0.299 e. The normalized spacial score (nSPS) is 26.4. The standard InChI is InChI=1S/C6H11ClFN.ClH/c7-2-4-9-3-1-6(8)5-9;/h6H,1-5H2;1H. The van der Waals surface area contributed by atoms with E-state index in [2.05, 4.69) is 4.90 Å². The van der Waals surface area contributed by atoms with Crippen molar-refractivity contribution in [1.29, 1.82) is 0 Å². The fourth-order valence-electron chi connectivity index (χ4n) is 1.11. The van der Waals surface area contributed by atoms with E-state index in [0.717, 1.165) is 13.1 Å². The first-order valence-electron chi connectivity index (χ1n) is 3.25. The molecule has 0 saturated carbocycles. The Bertz CT molecular complexity index is 89.8. The lowest BCUT2D eigenvalue weighted by Gasteiger charge is -2.10. The summed E-state index contributed by atoms with van der Waals surface area (Å²) in [7, 11) is 0. The van der Waals surface area contributed by atoms with Gasteiger partial charge in [-0.05, 0) is 6.42 Å². The van der Waals surface area contributed by atoms with Gasteiger partial charge in [-0.25, -0.2) is 4.39 Å². The Hall–Kier alpha value is 0.470. The van der Waals surface area contributed by atoms with Crippen molar-refractivity contribution in [2.75, 3.05) is 25.5 Å². The summed E-state index contributed by atoms with van der Waals surface area (Å²) < 4.78 is 12.4. The average molecular weight is 188 g/mol. The van der Waals surface area contributed by atoms with Crippen LogP contribution < -0.4 is 0 Å². The summed E-state index contributed by atoms with van der Waals surface area (Å²) in [4.78, 5) is 2.05. The van der Waals surface area contributed by atoms with Crippen LogP contribution in [0.3, 0.4) is 0 Å². The van der Waals surface area contributed by atoms with Crippen molar-refractivity contribution in [1.82, 2.24) is 4.90 Å². The molecule has 0 aromatic heterocycles. The van der Waals surface area contributed by atoms with E-state index in [4.69, 9.17) is 11.6 Å². The number of halogens is 3. The maximum atomic E-state index is 12.4. The molecule has 1 aliphatic rings. The van der Waals surface area contributed by atoms with Gasteiger partial charge < -0.3 is 0 Å². The average Bonchev–Trinajstić information content (AvgIpc) is 2.17. The van der Waals surface area contributed by atoms with Crippen LogP contribution in [0.25, 0.3) is 0 Å². The van der Waals surface area contributed by atoms with E-state index in [9.17, 15) is 4.39 Å². The van der Waals surface area contributed by atoms with Gasteiger partial charge in [-0.3, -0.25) is 4.90 Å². The van der Waals surface area contributed by atoms with Gasteiger partial charge in [-0.1, -0.05) is 0 Å². The summed E-state index contributed by atoms with van der Waals surface area (Å²) in [6, 6.07) is 0. The first kappa shape index (κ1) is 10.5. The van der Waals surface area contributed by atoms with Crippen LogP contribution in [0.2, 0.25) is 0 Å². The molecule has 62 valence electrons. The molecule has 1 rings (SSSR count). The molecule has 0 radical (unpaired) electrons. The molecular formula is C6H12Cl2FN. The minimum absolute atomic E-state index is 0. The Balaban J connectivity index is 0.000000810. The van der Waals surface area contributed by atoms with E-state index in [0.29, 0.717) is 18.8 Å². The van der Waals surface area contributed by atoms with Crippen LogP contribution in [0.15, 0.2) is 0 Å². The monoisotopic (exact) mass is 187 g/mol. The predicted molar refractivity (Wildman–Crippen MR) is 43.9 cm³/mol. The van der Waals surface area contributed by atoms with Gasteiger partial charge in [0.1, 0.15) is 6.17 Å². The first-order chi connectivity index (χ1) is 4.33. The topological polar surface area (TPSA) is 3.24 Å². The van der Waals surface area contributed by atoms with E-state index >= 15 is 0 Å². The zero-order chi connectivity index (χ0) is 6.69. The molecule has 0 N–H and O–H groups in total. The third-order valence-electron chi connectivity index (χ3n) is 1.62. The lowest BCUT2D eigenvalue weighted by molar-refractivity contribution is 0.299. The summed E-state index contributed by atoms with van der Waals surface area (Å²) in [5.41, 5.74) is 0. The highest BCUT2D eigenvalue weighted by molar-refractivity contribution is 6.18. The molecule has 1 saturated heterocycles. The molecule has 0 aromatic carbocycles. The lowest BCUT2D eigenvalue weighted by Crippen LogP contribution is -2.22. The second kappa shape index (κ2) is 5.16. The molecule has 0 spiro atoms. The summed E-state index contributed by atoms with van der Waals surface area (Å²) in [6.07, 6.45) is 0.0879. The maximum absolute atomic E-state index is 12.4. The van der Waals surface area contributed by atoms with Crippen molar-refractivity contribution in [3.8, 4) is 0 Å². The molecule has 1 heterocycles. The van der Waals surface area contributed by atoms with Crippen LogP contribution in [0, 0.1) is 0 Å². The molecule has 0 amide bonds. The van der Waals surface area contributed by atoms with Crippen LogP contribution in [0.4, 0.5) is 4.39 Å². The molecule has 0 aromatic rings. The second-order valence-electron chi connectivity index (χ2n) is 2.38. The number of hydrogen-bond acceptors (Lipinski definition) is 1. The van der Waals surface area contributed by atoms with Crippen molar-refractivity contribution in [2.45, 2.75) is 12.6 Å². The van der Waals surface area contributed by atoms with Gasteiger partial charge in [0, 0.05) is 25.5 Å². The number of likely N-dealkylation sites (tertiary alicyclic amines) is 1. The van der Waals surface area contributed by atoms with Crippen molar-refractivity contribution < 1.29 is 4.39 Å². The lowest BCUT2D eigenvalue weighted by atomic mass is 10.3. The fraction of sp³-hybridized carbons (Fsp3) is 1.00. The summed E-state index contributed by atoms with van der Waals surface area (Å²) in [6.45, 7) is 2.31. The molecule has 1 atom stereocenters. The smallest absolute Gasteiger partial charge is 0.114 e. The predicted octanol–water partition coefficient (Wildman–Crippen LogP) is 1.69. The number of alkyl halides is 2. The summed E-state index contributed by atoms with van der Waals surface area (Å²) in [5.74, 6) is 0.618. The zero-order valence-electron chi connectivity index (χ0n) is 5.72. The number of nitrogens with zero attached hydrogens (tertiary/aromatic N) is 1. The quantitative estimate of drug-likeness (QED) is 0.596. The number of hydrogen-bond donors (Lipinski definition) is 0. The highest BCUT2D eigenvalue weighted by Gasteiger charge is 2.20. The van der Waals surface area contributed by atoms with Gasteiger partial charge >= 0.3 is 0 Å². The van der Waals surface area contributed by atoms with Gasteiger partial charge in [0.15, 0.2) is 0 Å². The van der Waals surface area contributed by atoms with Crippen LogP contribution in [-0.4, -0.2) is 36.6 Å². The van der Waals surface area contributed by atoms with E-state index in [1.165, 1.54) is 0 Å². The first-order valence-corrected chi connectivity index (χ1v) is 3.79. The van der Waals surface area contributed by atoms with E-state index in [-0.39, 0.29) is 12.4 Å². The number of rotatable bonds is 2. The van der Waals surface area contributed by atoms with Gasteiger partial charge in [-0.2, -0.15) is 0 Å². The second-order valence-corrected chi connectivity index (χ2v) is 2.75. The third kappa shape index (κ3) is 3.04. The molecule has 10 heavy (non-hydrogen) atoms. The molecule has 0 aliphatic carbocycles. The highest BCUT2D eigenvalue weighted by atomic mass is 35.5. The fourth-order valence-corrected chi connectivity index (χ4v) is 1.35.